The van der Waals surface area contributed by atoms with E-state index in [4.69, 9.17) is 16.3 Å². The molecule has 0 radical (unpaired) electrons. The first kappa shape index (κ1) is 13.3. The lowest BCUT2D eigenvalue weighted by molar-refractivity contribution is 0.389. The Kier molecular flexibility index (Phi) is 4.58. The largest absolute Gasteiger partial charge is 0.481 e. The summed E-state index contributed by atoms with van der Waals surface area (Å²) in [7, 11) is 1.63. The monoisotopic (exact) mass is 282 g/mol. The summed E-state index contributed by atoms with van der Waals surface area (Å²) in [6.07, 6.45) is 1.73. The van der Waals surface area contributed by atoms with Crippen LogP contribution in [0.1, 0.15) is 23.4 Å². The van der Waals surface area contributed by atoms with Crippen molar-refractivity contribution >= 4 is 22.9 Å². The van der Waals surface area contributed by atoms with Gasteiger partial charge in [0.25, 0.3) is 0 Å². The molecule has 0 aromatic carbocycles. The molecule has 0 amide bonds. The molecule has 2 heterocycles. The van der Waals surface area contributed by atoms with Crippen LogP contribution >= 0.6 is 22.9 Å². The molecule has 0 bridgehead atoms. The maximum Gasteiger partial charge on any atom is 0.217 e. The summed E-state index contributed by atoms with van der Waals surface area (Å²) in [5.74, 6) is 0.668. The van der Waals surface area contributed by atoms with E-state index in [1.807, 2.05) is 24.3 Å². The Labute approximate surface area is 116 Å². The van der Waals surface area contributed by atoms with Crippen LogP contribution in [0.25, 0.3) is 0 Å². The molecule has 5 heteroatoms. The molecule has 18 heavy (non-hydrogen) atoms. The van der Waals surface area contributed by atoms with Crippen LogP contribution in [-0.2, 0) is 6.54 Å². The zero-order valence-corrected chi connectivity index (χ0v) is 11.9. The van der Waals surface area contributed by atoms with Gasteiger partial charge in [-0.1, -0.05) is 17.7 Å². The smallest absolute Gasteiger partial charge is 0.217 e. The van der Waals surface area contributed by atoms with Crippen LogP contribution in [0.2, 0.25) is 4.34 Å². The fourth-order valence-corrected chi connectivity index (χ4v) is 2.75. The summed E-state index contributed by atoms with van der Waals surface area (Å²) in [6, 6.07) is 8.14. The van der Waals surface area contributed by atoms with Gasteiger partial charge in [0.2, 0.25) is 5.88 Å². The van der Waals surface area contributed by atoms with Crippen molar-refractivity contribution < 1.29 is 4.74 Å². The Hall–Kier alpha value is -1.10. The van der Waals surface area contributed by atoms with E-state index in [1.54, 1.807) is 24.6 Å². The fourth-order valence-electron chi connectivity index (χ4n) is 1.67. The molecule has 0 spiro atoms. The van der Waals surface area contributed by atoms with Gasteiger partial charge in [0.15, 0.2) is 0 Å². The Morgan fingerprint density at radius 2 is 2.28 bits per heavy atom. The number of hydrogen-bond donors (Lipinski definition) is 1. The van der Waals surface area contributed by atoms with Crippen LogP contribution in [0.5, 0.6) is 5.88 Å². The van der Waals surface area contributed by atoms with Gasteiger partial charge in [-0.2, -0.15) is 0 Å². The van der Waals surface area contributed by atoms with E-state index in [2.05, 4.69) is 17.2 Å². The topological polar surface area (TPSA) is 34.1 Å². The van der Waals surface area contributed by atoms with Crippen molar-refractivity contribution in [2.24, 2.45) is 0 Å². The number of nitrogens with zero attached hydrogens (tertiary/aromatic N) is 1. The molecule has 1 N–H and O–H groups in total. The highest BCUT2D eigenvalue weighted by Crippen LogP contribution is 2.27. The van der Waals surface area contributed by atoms with Gasteiger partial charge >= 0.3 is 0 Å². The molecule has 3 nitrogen and oxygen atoms in total. The average Bonchev–Trinajstić information content (AvgIpc) is 2.83. The van der Waals surface area contributed by atoms with E-state index in [1.165, 1.54) is 4.88 Å². The van der Waals surface area contributed by atoms with Gasteiger partial charge in [0, 0.05) is 29.2 Å². The van der Waals surface area contributed by atoms with Gasteiger partial charge in [-0.05, 0) is 25.1 Å². The summed E-state index contributed by atoms with van der Waals surface area (Å²) >= 11 is 7.53. The van der Waals surface area contributed by atoms with Crippen LogP contribution < -0.4 is 10.1 Å². The molecule has 0 fully saturated rings. The Morgan fingerprint density at radius 3 is 2.94 bits per heavy atom. The number of hydrogen-bond acceptors (Lipinski definition) is 4. The number of thiophene rings is 1. The second kappa shape index (κ2) is 6.18. The van der Waals surface area contributed by atoms with E-state index in [0.29, 0.717) is 12.4 Å². The molecule has 0 saturated heterocycles. The lowest BCUT2D eigenvalue weighted by Crippen LogP contribution is -2.17. The number of ether oxygens (including phenoxy) is 1. The van der Waals surface area contributed by atoms with Gasteiger partial charge in [-0.25, -0.2) is 4.98 Å². The number of pyridine rings is 1. The molecule has 2 rings (SSSR count). The van der Waals surface area contributed by atoms with Crippen molar-refractivity contribution in [3.05, 3.63) is 45.2 Å². The zero-order valence-electron chi connectivity index (χ0n) is 10.3. The quantitative estimate of drug-likeness (QED) is 0.909. The van der Waals surface area contributed by atoms with Crippen LogP contribution in [0.15, 0.2) is 30.5 Å². The predicted molar refractivity (Wildman–Crippen MR) is 75.4 cm³/mol. The number of halogens is 1. The van der Waals surface area contributed by atoms with Crippen LogP contribution in [0, 0.1) is 0 Å². The van der Waals surface area contributed by atoms with Crippen molar-refractivity contribution in [3.8, 4) is 5.88 Å². The molecule has 2 aromatic rings. The molecule has 96 valence electrons. The van der Waals surface area contributed by atoms with Gasteiger partial charge in [0.05, 0.1) is 11.4 Å². The maximum atomic E-state index is 5.93. The Morgan fingerprint density at radius 1 is 1.44 bits per heavy atom. The van der Waals surface area contributed by atoms with Crippen LogP contribution in [0.4, 0.5) is 0 Å². The zero-order chi connectivity index (χ0) is 13.0. The summed E-state index contributed by atoms with van der Waals surface area (Å²) in [5.41, 5.74) is 1.05. The molecule has 0 saturated carbocycles. The lowest BCUT2D eigenvalue weighted by Gasteiger charge is -2.13. The minimum atomic E-state index is 0.257. The van der Waals surface area contributed by atoms with Crippen LogP contribution in [-0.4, -0.2) is 12.1 Å². The van der Waals surface area contributed by atoms with Gasteiger partial charge in [-0.15, -0.1) is 11.3 Å². The van der Waals surface area contributed by atoms with Crippen molar-refractivity contribution in [1.82, 2.24) is 10.3 Å². The van der Waals surface area contributed by atoms with E-state index in [9.17, 15) is 0 Å². The van der Waals surface area contributed by atoms with Gasteiger partial charge in [-0.3, -0.25) is 0 Å². The van der Waals surface area contributed by atoms with Gasteiger partial charge < -0.3 is 10.1 Å². The first-order chi connectivity index (χ1) is 8.70. The van der Waals surface area contributed by atoms with Crippen molar-refractivity contribution in [1.29, 1.82) is 0 Å². The molecule has 1 unspecified atom stereocenters. The third kappa shape index (κ3) is 3.22. The lowest BCUT2D eigenvalue weighted by atomic mass is 10.2. The van der Waals surface area contributed by atoms with Crippen molar-refractivity contribution in [2.45, 2.75) is 19.5 Å². The third-order valence-electron chi connectivity index (χ3n) is 2.66. The SMILES string of the molecule is COc1ncccc1CNC(C)c1ccc(Cl)s1. The standard InChI is InChI=1S/C13H15ClN2OS/c1-9(11-5-6-12(14)18-11)16-8-10-4-3-7-15-13(10)17-2/h3-7,9,16H,8H2,1-2H3. The summed E-state index contributed by atoms with van der Waals surface area (Å²) in [6.45, 7) is 2.83. The van der Waals surface area contributed by atoms with E-state index < -0.39 is 0 Å². The minimum absolute atomic E-state index is 0.257. The highest BCUT2D eigenvalue weighted by molar-refractivity contribution is 7.16. The molecular formula is C13H15ClN2OS. The first-order valence-electron chi connectivity index (χ1n) is 5.67. The highest BCUT2D eigenvalue weighted by atomic mass is 35.5. The number of nitrogens with one attached hydrogen (secondary N) is 1. The minimum Gasteiger partial charge on any atom is -0.481 e. The number of aromatic nitrogens is 1. The normalized spacial score (nSPS) is 12.4. The van der Waals surface area contributed by atoms with Crippen molar-refractivity contribution in [3.63, 3.8) is 0 Å². The third-order valence-corrected chi connectivity index (χ3v) is 4.08. The van der Waals surface area contributed by atoms with Crippen molar-refractivity contribution in [2.75, 3.05) is 7.11 Å². The highest BCUT2D eigenvalue weighted by Gasteiger charge is 2.09. The predicted octanol–water partition coefficient (Wildman–Crippen LogP) is 3.66. The summed E-state index contributed by atoms with van der Waals surface area (Å²) < 4.78 is 6.04. The van der Waals surface area contributed by atoms with E-state index in [0.717, 1.165) is 9.90 Å². The van der Waals surface area contributed by atoms with E-state index >= 15 is 0 Å². The summed E-state index contributed by atoms with van der Waals surface area (Å²) in [4.78, 5) is 5.40. The fraction of sp³-hybridized carbons (Fsp3) is 0.308. The first-order valence-corrected chi connectivity index (χ1v) is 6.86. The molecule has 0 aliphatic heterocycles. The number of rotatable bonds is 5. The number of methoxy groups -OCH3 is 1. The second-order valence-electron chi connectivity index (χ2n) is 3.92. The molecule has 2 aromatic heterocycles. The summed E-state index contributed by atoms with van der Waals surface area (Å²) in [5, 5.41) is 3.44. The second-order valence-corrected chi connectivity index (χ2v) is 5.66. The molecule has 1 atom stereocenters. The Balaban J connectivity index is 1.99. The average molecular weight is 283 g/mol. The molecule has 0 aliphatic rings. The maximum absolute atomic E-state index is 5.93. The Bertz CT molecular complexity index is 515. The molecular weight excluding hydrogens is 268 g/mol. The van der Waals surface area contributed by atoms with Gasteiger partial charge in [0.1, 0.15) is 0 Å². The van der Waals surface area contributed by atoms with Crippen LogP contribution in [0.3, 0.4) is 0 Å². The molecule has 0 aliphatic carbocycles. The van der Waals surface area contributed by atoms with E-state index in [-0.39, 0.29) is 6.04 Å².